The lowest BCUT2D eigenvalue weighted by atomic mass is 9.86. The second-order valence-corrected chi connectivity index (χ2v) is 5.26. The fourth-order valence-electron chi connectivity index (χ4n) is 2.97. The number of rotatable bonds is 4. The highest BCUT2D eigenvalue weighted by atomic mass is 16.6. The van der Waals surface area contributed by atoms with Gasteiger partial charge in [0.05, 0.1) is 13.3 Å². The van der Waals surface area contributed by atoms with Crippen LogP contribution in [0.5, 0.6) is 5.75 Å². The molecular weight excluding hydrogens is 240 g/mol. The molecule has 4 heteroatoms. The molecule has 3 fully saturated rings. The summed E-state index contributed by atoms with van der Waals surface area (Å²) in [5.41, 5.74) is 0.950. The van der Waals surface area contributed by atoms with Crippen LogP contribution in [0.3, 0.4) is 0 Å². The molecule has 4 rings (SSSR count). The molecule has 0 aliphatic carbocycles. The molecule has 3 aliphatic heterocycles. The van der Waals surface area contributed by atoms with Gasteiger partial charge in [-0.05, 0) is 38.1 Å². The first-order valence-electron chi connectivity index (χ1n) is 6.91. The van der Waals surface area contributed by atoms with Gasteiger partial charge in [0.1, 0.15) is 11.9 Å². The van der Waals surface area contributed by atoms with Crippen molar-refractivity contribution in [1.29, 1.82) is 0 Å². The maximum atomic E-state index is 5.69. The summed E-state index contributed by atoms with van der Waals surface area (Å²) in [6.45, 7) is 3.47. The molecule has 1 aromatic rings. The number of oxime groups is 1. The average molecular weight is 260 g/mol. The summed E-state index contributed by atoms with van der Waals surface area (Å²) in [5, 5.41) is 4.16. The van der Waals surface area contributed by atoms with Crippen LogP contribution < -0.4 is 4.74 Å². The zero-order chi connectivity index (χ0) is 13.1. The van der Waals surface area contributed by atoms with E-state index in [9.17, 15) is 0 Å². The van der Waals surface area contributed by atoms with Crippen molar-refractivity contribution in [2.75, 3.05) is 26.7 Å². The number of hydrogen-bond donors (Lipinski definition) is 0. The van der Waals surface area contributed by atoms with Crippen LogP contribution in [0.15, 0.2) is 29.4 Å². The smallest absolute Gasteiger partial charge is 0.143 e. The van der Waals surface area contributed by atoms with E-state index in [0.29, 0.717) is 5.92 Å². The van der Waals surface area contributed by atoms with Crippen LogP contribution in [0.4, 0.5) is 0 Å². The van der Waals surface area contributed by atoms with E-state index in [2.05, 4.69) is 10.1 Å². The molecule has 3 aliphatic rings. The van der Waals surface area contributed by atoms with Crippen molar-refractivity contribution in [2.24, 2.45) is 11.1 Å². The number of methoxy groups -OCH3 is 1. The van der Waals surface area contributed by atoms with E-state index in [1.807, 2.05) is 24.3 Å². The number of ether oxygens (including phenoxy) is 1. The van der Waals surface area contributed by atoms with Crippen LogP contribution in [-0.2, 0) is 4.84 Å². The fourth-order valence-corrected chi connectivity index (χ4v) is 2.97. The highest BCUT2D eigenvalue weighted by molar-refractivity contribution is 5.82. The predicted molar refractivity (Wildman–Crippen MR) is 74.6 cm³/mol. The number of hydrogen-bond acceptors (Lipinski definition) is 4. The van der Waals surface area contributed by atoms with Crippen molar-refractivity contribution in [3.8, 4) is 5.75 Å². The number of benzene rings is 1. The van der Waals surface area contributed by atoms with Crippen molar-refractivity contribution in [3.63, 3.8) is 0 Å². The molecule has 0 saturated carbocycles. The maximum absolute atomic E-state index is 5.69. The van der Waals surface area contributed by atoms with Crippen molar-refractivity contribution < 1.29 is 9.57 Å². The van der Waals surface area contributed by atoms with Crippen LogP contribution in [0, 0.1) is 5.92 Å². The van der Waals surface area contributed by atoms with Crippen LogP contribution in [-0.4, -0.2) is 44.0 Å². The third-order valence-corrected chi connectivity index (χ3v) is 4.12. The Kier molecular flexibility index (Phi) is 3.69. The van der Waals surface area contributed by atoms with Gasteiger partial charge < -0.3 is 9.57 Å². The average Bonchev–Trinajstić information content (AvgIpc) is 2.49. The van der Waals surface area contributed by atoms with Crippen molar-refractivity contribution in [2.45, 2.75) is 18.9 Å². The van der Waals surface area contributed by atoms with Gasteiger partial charge in [-0.3, -0.25) is 4.90 Å². The van der Waals surface area contributed by atoms with E-state index in [-0.39, 0.29) is 6.10 Å². The number of piperidine rings is 3. The first kappa shape index (κ1) is 12.5. The Morgan fingerprint density at radius 3 is 2.74 bits per heavy atom. The highest BCUT2D eigenvalue weighted by Gasteiger charge is 2.35. The van der Waals surface area contributed by atoms with Gasteiger partial charge in [-0.25, -0.2) is 0 Å². The quantitative estimate of drug-likeness (QED) is 0.614. The number of nitrogens with zero attached hydrogens (tertiary/aromatic N) is 2. The molecule has 2 bridgehead atoms. The summed E-state index contributed by atoms with van der Waals surface area (Å²) in [6, 6.07) is 7.82. The molecule has 0 radical (unpaired) electrons. The first-order valence-corrected chi connectivity index (χ1v) is 6.91. The van der Waals surface area contributed by atoms with E-state index >= 15 is 0 Å². The molecule has 0 amide bonds. The minimum absolute atomic E-state index is 0.258. The van der Waals surface area contributed by atoms with E-state index < -0.39 is 0 Å². The minimum Gasteiger partial charge on any atom is -0.496 e. The van der Waals surface area contributed by atoms with Gasteiger partial charge in [-0.2, -0.15) is 0 Å². The molecule has 1 unspecified atom stereocenters. The normalized spacial score (nSPS) is 29.6. The molecule has 102 valence electrons. The third kappa shape index (κ3) is 2.73. The molecule has 1 aromatic carbocycles. The monoisotopic (exact) mass is 260 g/mol. The Morgan fingerprint density at radius 1 is 1.26 bits per heavy atom. The van der Waals surface area contributed by atoms with E-state index in [0.717, 1.165) is 17.9 Å². The standard InChI is InChI=1S/C15H20N2O2/c1-18-14-5-3-2-4-13(14)10-16-19-15-11-17-8-6-12(15)7-9-17/h2-5,10,12,15H,6-9,11H2,1H3/b16-10+. The molecular formula is C15H20N2O2. The summed E-state index contributed by atoms with van der Waals surface area (Å²) in [6.07, 6.45) is 4.49. The minimum atomic E-state index is 0.258. The van der Waals surface area contributed by atoms with Gasteiger partial charge in [0.2, 0.25) is 0 Å². The molecule has 0 N–H and O–H groups in total. The molecule has 1 atom stereocenters. The lowest BCUT2D eigenvalue weighted by molar-refractivity contribution is -0.0675. The summed E-state index contributed by atoms with van der Waals surface area (Å²) in [5.74, 6) is 1.50. The SMILES string of the molecule is COc1ccccc1/C=N/OC1CN2CCC1CC2. The first-order chi connectivity index (χ1) is 9.36. The van der Waals surface area contributed by atoms with Gasteiger partial charge in [-0.15, -0.1) is 0 Å². The molecule has 3 heterocycles. The molecule has 0 spiro atoms. The zero-order valence-corrected chi connectivity index (χ0v) is 11.3. The third-order valence-electron chi connectivity index (χ3n) is 4.12. The van der Waals surface area contributed by atoms with Gasteiger partial charge >= 0.3 is 0 Å². The lowest BCUT2D eigenvalue weighted by Gasteiger charge is -2.42. The van der Waals surface area contributed by atoms with Gasteiger partial charge in [0, 0.05) is 18.0 Å². The van der Waals surface area contributed by atoms with E-state index in [4.69, 9.17) is 9.57 Å². The molecule has 4 nitrogen and oxygen atoms in total. The Labute approximate surface area is 114 Å². The van der Waals surface area contributed by atoms with E-state index in [1.54, 1.807) is 13.3 Å². The largest absolute Gasteiger partial charge is 0.496 e. The Hall–Kier alpha value is -1.55. The second-order valence-electron chi connectivity index (χ2n) is 5.26. The topological polar surface area (TPSA) is 34.1 Å². The maximum Gasteiger partial charge on any atom is 0.143 e. The number of fused-ring (bicyclic) bond motifs is 3. The van der Waals surface area contributed by atoms with Crippen molar-refractivity contribution >= 4 is 6.21 Å². The zero-order valence-electron chi connectivity index (χ0n) is 11.3. The second kappa shape index (κ2) is 5.61. The van der Waals surface area contributed by atoms with Crippen LogP contribution >= 0.6 is 0 Å². The Morgan fingerprint density at radius 2 is 2.05 bits per heavy atom. The van der Waals surface area contributed by atoms with Crippen molar-refractivity contribution in [3.05, 3.63) is 29.8 Å². The van der Waals surface area contributed by atoms with Crippen LogP contribution in [0.1, 0.15) is 18.4 Å². The molecule has 19 heavy (non-hydrogen) atoms. The Balaban J connectivity index is 1.61. The van der Waals surface area contributed by atoms with Gasteiger partial charge in [0.15, 0.2) is 0 Å². The van der Waals surface area contributed by atoms with Gasteiger partial charge in [-0.1, -0.05) is 17.3 Å². The van der Waals surface area contributed by atoms with Crippen LogP contribution in [0.25, 0.3) is 0 Å². The summed E-state index contributed by atoms with van der Waals surface area (Å²) < 4.78 is 5.28. The molecule has 3 saturated heterocycles. The fraction of sp³-hybridized carbons (Fsp3) is 0.533. The molecule has 0 aromatic heterocycles. The lowest BCUT2D eigenvalue weighted by Crippen LogP contribution is -2.50. The van der Waals surface area contributed by atoms with Crippen molar-refractivity contribution in [1.82, 2.24) is 4.90 Å². The Bertz CT molecular complexity index is 453. The van der Waals surface area contributed by atoms with E-state index in [1.165, 1.54) is 25.9 Å². The van der Waals surface area contributed by atoms with Gasteiger partial charge in [0.25, 0.3) is 0 Å². The van der Waals surface area contributed by atoms with Crippen LogP contribution in [0.2, 0.25) is 0 Å². The summed E-state index contributed by atoms with van der Waals surface area (Å²) in [7, 11) is 1.67. The summed E-state index contributed by atoms with van der Waals surface area (Å²) >= 11 is 0. The highest BCUT2D eigenvalue weighted by Crippen LogP contribution is 2.29. The number of para-hydroxylation sites is 1. The summed E-state index contributed by atoms with van der Waals surface area (Å²) in [4.78, 5) is 8.15. The predicted octanol–water partition coefficient (Wildman–Crippen LogP) is 2.14.